The van der Waals surface area contributed by atoms with Gasteiger partial charge in [-0.2, -0.15) is 11.8 Å². The van der Waals surface area contributed by atoms with Gasteiger partial charge in [-0.15, -0.1) is 0 Å². The third-order valence-electron chi connectivity index (χ3n) is 10.8. The molecule has 4 nitrogen and oxygen atoms in total. The largest absolute Gasteiger partial charge is 0.472 e. The van der Waals surface area contributed by atoms with E-state index in [1.807, 2.05) is 25.1 Å². The van der Waals surface area contributed by atoms with Crippen molar-refractivity contribution in [3.8, 4) is 0 Å². The van der Waals surface area contributed by atoms with E-state index in [2.05, 4.69) is 47.5 Å². The third-order valence-corrected chi connectivity index (χ3v) is 12.7. The summed E-state index contributed by atoms with van der Waals surface area (Å²) in [6, 6.07) is 7.04. The molecule has 190 valence electrons. The number of hydrogen-bond acceptors (Lipinski definition) is 5. The van der Waals surface area contributed by atoms with Gasteiger partial charge in [0.2, 0.25) is 0 Å². The van der Waals surface area contributed by atoms with Gasteiger partial charge in [-0.05, 0) is 87.2 Å². The van der Waals surface area contributed by atoms with Gasteiger partial charge >= 0.3 is 0 Å². The number of furan rings is 2. The lowest BCUT2D eigenvalue weighted by Gasteiger charge is -2.55. The molecule has 0 aliphatic carbocycles. The van der Waals surface area contributed by atoms with E-state index in [1.165, 1.54) is 87.8 Å². The molecule has 2 aromatic rings. The Morgan fingerprint density at radius 3 is 1.97 bits per heavy atom. The molecular formula is C30H42N2O2S. The van der Waals surface area contributed by atoms with Crippen molar-refractivity contribution in [1.82, 2.24) is 9.80 Å². The lowest BCUT2D eigenvalue weighted by atomic mass is 9.67. The van der Waals surface area contributed by atoms with E-state index in [4.69, 9.17) is 8.83 Å². The summed E-state index contributed by atoms with van der Waals surface area (Å²) in [6.07, 6.45) is 20.0. The molecule has 35 heavy (non-hydrogen) atoms. The molecule has 5 saturated heterocycles. The van der Waals surface area contributed by atoms with Crippen molar-refractivity contribution in [3.63, 3.8) is 0 Å². The van der Waals surface area contributed by atoms with Crippen LogP contribution in [0.5, 0.6) is 0 Å². The Hall–Kier alpha value is -1.17. The zero-order chi connectivity index (χ0) is 23.6. The van der Waals surface area contributed by atoms with E-state index >= 15 is 0 Å². The predicted octanol–water partition coefficient (Wildman–Crippen LogP) is 7.31. The number of piperidine rings is 4. The summed E-state index contributed by atoms with van der Waals surface area (Å²) in [4.78, 5) is 5.86. The number of fused-ring (bicyclic) bond motifs is 2. The van der Waals surface area contributed by atoms with Crippen LogP contribution in [0.1, 0.15) is 94.8 Å². The summed E-state index contributed by atoms with van der Waals surface area (Å²) in [5, 5.41) is 0. The van der Waals surface area contributed by atoms with Crippen LogP contribution in [0.2, 0.25) is 0 Å². The highest BCUT2D eigenvalue weighted by Crippen LogP contribution is 2.60. The van der Waals surface area contributed by atoms with Crippen molar-refractivity contribution in [1.29, 1.82) is 0 Å². The lowest BCUT2D eigenvalue weighted by molar-refractivity contribution is -0.0454. The van der Waals surface area contributed by atoms with E-state index in [0.717, 1.165) is 23.9 Å². The van der Waals surface area contributed by atoms with Crippen molar-refractivity contribution in [2.75, 3.05) is 18.8 Å². The van der Waals surface area contributed by atoms with E-state index in [0.29, 0.717) is 22.2 Å². The van der Waals surface area contributed by atoms with Crippen LogP contribution in [0, 0.1) is 17.3 Å². The maximum absolute atomic E-state index is 5.54. The Labute approximate surface area is 215 Å². The second kappa shape index (κ2) is 8.70. The minimum absolute atomic E-state index is 0.439. The maximum atomic E-state index is 5.54. The minimum atomic E-state index is 0.439. The Morgan fingerprint density at radius 1 is 0.771 bits per heavy atom. The SMILES string of the molecule is C[C@@H]1CC[C@@H](c2ccoc2)N2C[C@@]3(CC[C@@H]12)CS[C@]1(CC[C@H]2[C@@H](C)CC[C@@H](c4ccoc4)N2C1)C3. The van der Waals surface area contributed by atoms with Crippen molar-refractivity contribution < 1.29 is 8.83 Å². The highest BCUT2D eigenvalue weighted by molar-refractivity contribution is 8.01. The Kier molecular flexibility index (Phi) is 5.71. The summed E-state index contributed by atoms with van der Waals surface area (Å²) in [5.74, 6) is 2.99. The first-order valence-electron chi connectivity index (χ1n) is 14.2. The molecule has 5 aliphatic rings. The van der Waals surface area contributed by atoms with Gasteiger partial charge in [0, 0.05) is 58.9 Å². The third kappa shape index (κ3) is 3.87. The fourth-order valence-electron chi connectivity index (χ4n) is 9.03. The molecule has 0 saturated carbocycles. The summed E-state index contributed by atoms with van der Waals surface area (Å²) < 4.78 is 11.5. The molecule has 5 fully saturated rings. The average molecular weight is 495 g/mol. The van der Waals surface area contributed by atoms with Crippen molar-refractivity contribution >= 4 is 11.8 Å². The number of rotatable bonds is 2. The molecule has 0 aromatic carbocycles. The molecule has 7 heterocycles. The summed E-state index contributed by atoms with van der Waals surface area (Å²) in [6.45, 7) is 7.56. The van der Waals surface area contributed by atoms with Gasteiger partial charge < -0.3 is 8.83 Å². The van der Waals surface area contributed by atoms with E-state index in [9.17, 15) is 0 Å². The molecule has 0 unspecified atom stereocenters. The number of hydrogen-bond donors (Lipinski definition) is 0. The highest BCUT2D eigenvalue weighted by atomic mass is 32.2. The molecule has 5 aliphatic heterocycles. The Balaban J connectivity index is 1.13. The molecule has 8 atom stereocenters. The Morgan fingerprint density at radius 2 is 1.37 bits per heavy atom. The fourth-order valence-corrected chi connectivity index (χ4v) is 10.9. The van der Waals surface area contributed by atoms with Crippen LogP contribution in [0.4, 0.5) is 0 Å². The molecule has 0 amide bonds. The van der Waals surface area contributed by atoms with Gasteiger partial charge in [-0.3, -0.25) is 9.80 Å². The van der Waals surface area contributed by atoms with Crippen LogP contribution in [0.25, 0.3) is 0 Å². The summed E-state index contributed by atoms with van der Waals surface area (Å²) in [7, 11) is 0. The van der Waals surface area contributed by atoms with Crippen LogP contribution in [-0.2, 0) is 0 Å². The maximum Gasteiger partial charge on any atom is 0.0950 e. The van der Waals surface area contributed by atoms with Gasteiger partial charge in [-0.1, -0.05) is 13.8 Å². The van der Waals surface area contributed by atoms with Crippen LogP contribution in [0.3, 0.4) is 0 Å². The molecule has 2 aromatic heterocycles. The number of thioether (sulfide) groups is 1. The van der Waals surface area contributed by atoms with Gasteiger partial charge in [0.1, 0.15) is 0 Å². The normalized spacial score (nSPS) is 44.5. The summed E-state index contributed by atoms with van der Waals surface area (Å²) >= 11 is 2.36. The van der Waals surface area contributed by atoms with E-state index < -0.39 is 0 Å². The predicted molar refractivity (Wildman–Crippen MR) is 141 cm³/mol. The standard InChI is InChI=1S/C30H42N2O2S/c1-21-3-5-27(23-9-13-33-15-23)31-18-29(11-7-25(21)31)17-30(35-20-29)12-8-26-22(2)4-6-28(32(26)19-30)24-10-14-34-16-24/h9-10,13-16,21-22,25-28H,3-8,11-12,17-20H2,1-2H3/t21-,22+,25+,26+,27+,28+,29+,30-/m1/s1. The van der Waals surface area contributed by atoms with Crippen molar-refractivity contribution in [2.24, 2.45) is 17.3 Å². The first-order chi connectivity index (χ1) is 17.0. The van der Waals surface area contributed by atoms with Gasteiger partial charge in [0.25, 0.3) is 0 Å². The first-order valence-corrected chi connectivity index (χ1v) is 15.2. The second-order valence-electron chi connectivity index (χ2n) is 13.0. The van der Waals surface area contributed by atoms with Crippen LogP contribution < -0.4 is 0 Å². The zero-order valence-corrected chi connectivity index (χ0v) is 22.3. The average Bonchev–Trinajstić information content (AvgIpc) is 3.63. The topological polar surface area (TPSA) is 32.8 Å². The van der Waals surface area contributed by atoms with Crippen molar-refractivity contribution in [3.05, 3.63) is 48.3 Å². The van der Waals surface area contributed by atoms with Crippen LogP contribution >= 0.6 is 11.8 Å². The van der Waals surface area contributed by atoms with Gasteiger partial charge in [-0.25, -0.2) is 0 Å². The van der Waals surface area contributed by atoms with E-state index in [1.54, 1.807) is 0 Å². The quantitative estimate of drug-likeness (QED) is 0.437. The van der Waals surface area contributed by atoms with E-state index in [-0.39, 0.29) is 0 Å². The van der Waals surface area contributed by atoms with Crippen LogP contribution in [-0.4, -0.2) is 45.5 Å². The molecule has 0 bridgehead atoms. The van der Waals surface area contributed by atoms with Crippen LogP contribution in [0.15, 0.2) is 46.0 Å². The Bertz CT molecular complexity index is 927. The van der Waals surface area contributed by atoms with Gasteiger partial charge in [0.15, 0.2) is 0 Å². The smallest absolute Gasteiger partial charge is 0.0950 e. The summed E-state index contributed by atoms with van der Waals surface area (Å²) in [5.41, 5.74) is 3.30. The molecule has 2 spiro atoms. The zero-order valence-electron chi connectivity index (χ0n) is 21.5. The molecule has 5 heteroatoms. The molecule has 0 N–H and O–H groups in total. The molecule has 0 radical (unpaired) electrons. The molecular weight excluding hydrogens is 452 g/mol. The monoisotopic (exact) mass is 494 g/mol. The first kappa shape index (κ1) is 23.0. The number of nitrogens with zero attached hydrogens (tertiary/aromatic N) is 2. The second-order valence-corrected chi connectivity index (χ2v) is 14.4. The lowest BCUT2D eigenvalue weighted by Crippen LogP contribution is -2.57. The van der Waals surface area contributed by atoms with Gasteiger partial charge in [0.05, 0.1) is 25.1 Å². The molecule has 7 rings (SSSR count). The van der Waals surface area contributed by atoms with Crippen molar-refractivity contribution in [2.45, 2.75) is 101 Å². The minimum Gasteiger partial charge on any atom is -0.472 e. The highest BCUT2D eigenvalue weighted by Gasteiger charge is 2.56. The fraction of sp³-hybridized carbons (Fsp3) is 0.733.